The Morgan fingerprint density at radius 1 is 1.07 bits per heavy atom. The van der Waals surface area contributed by atoms with E-state index in [4.69, 9.17) is 0 Å². The molecule has 70 valence electrons. The maximum atomic E-state index is 4.24. The topological polar surface area (TPSA) is 25.8 Å². The Hall–Kier alpha value is -1.70. The predicted molar refractivity (Wildman–Crippen MR) is 56.9 cm³/mol. The molecule has 2 rings (SSSR count). The lowest BCUT2D eigenvalue weighted by molar-refractivity contribution is 1.15. The number of hydrogen-bond donors (Lipinski definition) is 0. The van der Waals surface area contributed by atoms with E-state index >= 15 is 0 Å². The average molecular weight is 184 g/mol. The number of aromatic nitrogens is 2. The Labute approximate surface area is 83.7 Å². The Kier molecular flexibility index (Phi) is 2.27. The third-order valence-corrected chi connectivity index (χ3v) is 2.43. The molecular formula is C12H12N2. The fraction of sp³-hybridized carbons (Fsp3) is 0.167. The van der Waals surface area contributed by atoms with Crippen LogP contribution in [0.5, 0.6) is 0 Å². The first-order valence-electron chi connectivity index (χ1n) is 4.61. The third kappa shape index (κ3) is 1.51. The Morgan fingerprint density at radius 2 is 1.93 bits per heavy atom. The van der Waals surface area contributed by atoms with Crippen LogP contribution in [0.3, 0.4) is 0 Å². The van der Waals surface area contributed by atoms with Gasteiger partial charge in [-0.2, -0.15) is 0 Å². The molecule has 2 heterocycles. The Balaban J connectivity index is 2.58. The first-order valence-corrected chi connectivity index (χ1v) is 4.61. The molecule has 0 atom stereocenters. The predicted octanol–water partition coefficient (Wildman–Crippen LogP) is 2.76. The maximum Gasteiger partial charge on any atom is 0.0407 e. The van der Waals surface area contributed by atoms with E-state index in [9.17, 15) is 0 Å². The van der Waals surface area contributed by atoms with Gasteiger partial charge in [-0.15, -0.1) is 0 Å². The maximum absolute atomic E-state index is 4.24. The Morgan fingerprint density at radius 3 is 2.64 bits per heavy atom. The average Bonchev–Trinajstić information content (AvgIpc) is 2.23. The van der Waals surface area contributed by atoms with Crippen LogP contribution in [0.1, 0.15) is 11.3 Å². The number of pyridine rings is 2. The van der Waals surface area contributed by atoms with Crippen molar-refractivity contribution in [3.8, 4) is 11.1 Å². The van der Waals surface area contributed by atoms with Gasteiger partial charge in [-0.1, -0.05) is 6.07 Å². The van der Waals surface area contributed by atoms with Crippen molar-refractivity contribution in [3.63, 3.8) is 0 Å². The summed E-state index contributed by atoms with van der Waals surface area (Å²) < 4.78 is 0. The van der Waals surface area contributed by atoms with E-state index in [1.807, 2.05) is 31.5 Å². The van der Waals surface area contributed by atoms with Crippen LogP contribution in [0, 0.1) is 13.8 Å². The highest BCUT2D eigenvalue weighted by atomic mass is 14.7. The van der Waals surface area contributed by atoms with E-state index < -0.39 is 0 Å². The van der Waals surface area contributed by atoms with Crippen LogP contribution in [0.15, 0.2) is 36.8 Å². The molecule has 0 spiro atoms. The van der Waals surface area contributed by atoms with Crippen molar-refractivity contribution in [1.29, 1.82) is 0 Å². The smallest absolute Gasteiger partial charge is 0.0407 e. The highest BCUT2D eigenvalue weighted by Crippen LogP contribution is 2.22. The van der Waals surface area contributed by atoms with Crippen molar-refractivity contribution in [2.75, 3.05) is 0 Å². The van der Waals surface area contributed by atoms with Gasteiger partial charge in [-0.25, -0.2) is 0 Å². The van der Waals surface area contributed by atoms with Crippen molar-refractivity contribution in [3.05, 3.63) is 48.0 Å². The van der Waals surface area contributed by atoms with Crippen molar-refractivity contribution in [2.45, 2.75) is 13.8 Å². The molecule has 0 bridgehead atoms. The second kappa shape index (κ2) is 3.58. The molecule has 0 N–H and O–H groups in total. The molecule has 2 heteroatoms. The normalized spacial score (nSPS) is 10.1. The second-order valence-corrected chi connectivity index (χ2v) is 3.31. The van der Waals surface area contributed by atoms with Crippen LogP contribution >= 0.6 is 0 Å². The van der Waals surface area contributed by atoms with Gasteiger partial charge in [0.25, 0.3) is 0 Å². The van der Waals surface area contributed by atoms with Crippen LogP contribution in [-0.4, -0.2) is 9.97 Å². The summed E-state index contributed by atoms with van der Waals surface area (Å²) >= 11 is 0. The minimum absolute atomic E-state index is 1.08. The quantitative estimate of drug-likeness (QED) is 0.681. The molecule has 2 aromatic heterocycles. The molecule has 0 amide bonds. The van der Waals surface area contributed by atoms with Crippen molar-refractivity contribution < 1.29 is 0 Å². The Bertz CT molecular complexity index is 435. The fourth-order valence-corrected chi connectivity index (χ4v) is 1.48. The van der Waals surface area contributed by atoms with E-state index in [0.29, 0.717) is 0 Å². The van der Waals surface area contributed by atoms with Gasteiger partial charge in [0.1, 0.15) is 0 Å². The summed E-state index contributed by atoms with van der Waals surface area (Å²) in [5, 5.41) is 0. The summed E-state index contributed by atoms with van der Waals surface area (Å²) in [6.45, 7) is 4.11. The van der Waals surface area contributed by atoms with Crippen LogP contribution in [0.25, 0.3) is 11.1 Å². The third-order valence-electron chi connectivity index (χ3n) is 2.43. The highest BCUT2D eigenvalue weighted by Gasteiger charge is 2.03. The van der Waals surface area contributed by atoms with Gasteiger partial charge >= 0.3 is 0 Å². The molecule has 0 aliphatic carbocycles. The monoisotopic (exact) mass is 184 g/mol. The molecule has 0 unspecified atom stereocenters. The van der Waals surface area contributed by atoms with Crippen molar-refractivity contribution in [1.82, 2.24) is 9.97 Å². The molecular weight excluding hydrogens is 172 g/mol. The minimum atomic E-state index is 1.08. The summed E-state index contributed by atoms with van der Waals surface area (Å²) in [5.74, 6) is 0. The molecule has 0 fully saturated rings. The molecule has 0 radical (unpaired) electrons. The largest absolute Gasteiger partial charge is 0.264 e. The number of rotatable bonds is 1. The molecule has 0 aliphatic rings. The molecule has 2 nitrogen and oxygen atoms in total. The second-order valence-electron chi connectivity index (χ2n) is 3.31. The van der Waals surface area contributed by atoms with Crippen molar-refractivity contribution >= 4 is 0 Å². The number of aryl methyl sites for hydroxylation is 1. The summed E-state index contributed by atoms with van der Waals surface area (Å²) in [6.07, 6.45) is 5.50. The fourth-order valence-electron chi connectivity index (χ4n) is 1.48. The van der Waals surface area contributed by atoms with Crippen LogP contribution in [0.2, 0.25) is 0 Å². The van der Waals surface area contributed by atoms with Crippen LogP contribution < -0.4 is 0 Å². The van der Waals surface area contributed by atoms with Gasteiger partial charge in [0.05, 0.1) is 0 Å². The lowest BCUT2D eigenvalue weighted by Gasteiger charge is -2.06. The standard InChI is InChI=1S/C12H12N2/c1-9-10(2)14-7-5-12(9)11-4-3-6-13-8-11/h3-8H,1-2H3. The van der Waals surface area contributed by atoms with E-state index in [0.717, 1.165) is 11.3 Å². The summed E-state index contributed by atoms with van der Waals surface area (Å²) in [4.78, 5) is 8.36. The number of nitrogens with zero attached hydrogens (tertiary/aromatic N) is 2. The molecule has 0 aliphatic heterocycles. The van der Waals surface area contributed by atoms with Gasteiger partial charge in [0.2, 0.25) is 0 Å². The van der Waals surface area contributed by atoms with Gasteiger partial charge < -0.3 is 0 Å². The van der Waals surface area contributed by atoms with E-state index in [2.05, 4.69) is 23.0 Å². The summed E-state index contributed by atoms with van der Waals surface area (Å²) in [5.41, 5.74) is 4.66. The number of hydrogen-bond acceptors (Lipinski definition) is 2. The lowest BCUT2D eigenvalue weighted by atomic mass is 10.0. The zero-order valence-electron chi connectivity index (χ0n) is 8.36. The minimum Gasteiger partial charge on any atom is -0.264 e. The van der Waals surface area contributed by atoms with Crippen molar-refractivity contribution in [2.24, 2.45) is 0 Å². The molecule has 14 heavy (non-hydrogen) atoms. The SMILES string of the molecule is Cc1nccc(-c2cccnc2)c1C. The van der Waals surface area contributed by atoms with Gasteiger partial charge in [0, 0.05) is 29.8 Å². The van der Waals surface area contributed by atoms with Crippen LogP contribution in [0.4, 0.5) is 0 Å². The zero-order valence-corrected chi connectivity index (χ0v) is 8.36. The van der Waals surface area contributed by atoms with E-state index in [-0.39, 0.29) is 0 Å². The molecule has 2 aromatic rings. The molecule has 0 aromatic carbocycles. The van der Waals surface area contributed by atoms with Gasteiger partial charge in [0.15, 0.2) is 0 Å². The molecule has 0 saturated carbocycles. The van der Waals surface area contributed by atoms with E-state index in [1.54, 1.807) is 6.20 Å². The summed E-state index contributed by atoms with van der Waals surface area (Å²) in [6, 6.07) is 6.04. The van der Waals surface area contributed by atoms with Gasteiger partial charge in [-0.05, 0) is 37.1 Å². The lowest BCUT2D eigenvalue weighted by Crippen LogP contribution is -1.90. The zero-order chi connectivity index (χ0) is 9.97. The van der Waals surface area contributed by atoms with Crippen LogP contribution in [-0.2, 0) is 0 Å². The van der Waals surface area contributed by atoms with Gasteiger partial charge in [-0.3, -0.25) is 9.97 Å². The van der Waals surface area contributed by atoms with E-state index in [1.165, 1.54) is 11.1 Å². The summed E-state index contributed by atoms with van der Waals surface area (Å²) in [7, 11) is 0. The highest BCUT2D eigenvalue weighted by molar-refractivity contribution is 5.66. The first-order chi connectivity index (χ1) is 6.79. The molecule has 0 saturated heterocycles. The first kappa shape index (κ1) is 8.88.